The summed E-state index contributed by atoms with van der Waals surface area (Å²) in [7, 11) is 0. The SMILES string of the molecule is C=CCN(CC)c1cnc(C(C)C)nc1CNCC(C)C. The second kappa shape index (κ2) is 8.78. The van der Waals surface area contributed by atoms with E-state index in [4.69, 9.17) is 4.98 Å². The molecule has 1 aromatic rings. The third-order valence-corrected chi connectivity index (χ3v) is 3.30. The number of nitrogens with one attached hydrogen (secondary N) is 1. The van der Waals surface area contributed by atoms with Crippen molar-refractivity contribution in [1.82, 2.24) is 15.3 Å². The molecule has 0 amide bonds. The fraction of sp³-hybridized carbons (Fsp3) is 0.647. The smallest absolute Gasteiger partial charge is 0.131 e. The molecule has 0 spiro atoms. The van der Waals surface area contributed by atoms with Gasteiger partial charge in [-0.25, -0.2) is 9.97 Å². The normalized spacial score (nSPS) is 11.2. The molecule has 0 aliphatic carbocycles. The van der Waals surface area contributed by atoms with Gasteiger partial charge in [0, 0.05) is 25.6 Å². The fourth-order valence-electron chi connectivity index (χ4n) is 2.13. The number of hydrogen-bond donors (Lipinski definition) is 1. The van der Waals surface area contributed by atoms with Gasteiger partial charge >= 0.3 is 0 Å². The molecule has 0 aliphatic heterocycles. The second-order valence-electron chi connectivity index (χ2n) is 6.07. The monoisotopic (exact) mass is 290 g/mol. The summed E-state index contributed by atoms with van der Waals surface area (Å²) in [6.07, 6.45) is 3.88. The van der Waals surface area contributed by atoms with Gasteiger partial charge in [0.05, 0.1) is 17.6 Å². The zero-order chi connectivity index (χ0) is 15.8. The van der Waals surface area contributed by atoms with Crippen molar-refractivity contribution in [2.75, 3.05) is 24.5 Å². The Bertz CT molecular complexity index is 440. The maximum atomic E-state index is 4.77. The van der Waals surface area contributed by atoms with Crippen LogP contribution in [0.1, 0.15) is 52.1 Å². The largest absolute Gasteiger partial charge is 0.365 e. The average molecular weight is 290 g/mol. The standard InChI is InChI=1S/C17H30N4/c1-7-9-21(8-2)16-12-19-17(14(5)6)20-15(16)11-18-10-13(3)4/h7,12-14,18H,1,8-11H2,2-6H3. The number of aromatic nitrogens is 2. The van der Waals surface area contributed by atoms with E-state index in [-0.39, 0.29) is 0 Å². The minimum atomic E-state index is 0.345. The van der Waals surface area contributed by atoms with Crippen LogP contribution >= 0.6 is 0 Å². The zero-order valence-electron chi connectivity index (χ0n) is 14.2. The first-order valence-corrected chi connectivity index (χ1v) is 7.91. The van der Waals surface area contributed by atoms with Gasteiger partial charge in [0.25, 0.3) is 0 Å². The molecular weight excluding hydrogens is 260 g/mol. The van der Waals surface area contributed by atoms with Gasteiger partial charge < -0.3 is 10.2 Å². The summed E-state index contributed by atoms with van der Waals surface area (Å²) < 4.78 is 0. The minimum absolute atomic E-state index is 0.345. The molecule has 1 heterocycles. The molecule has 1 N–H and O–H groups in total. The highest BCUT2D eigenvalue weighted by Crippen LogP contribution is 2.20. The molecule has 4 nitrogen and oxygen atoms in total. The summed E-state index contributed by atoms with van der Waals surface area (Å²) in [5.74, 6) is 1.89. The number of likely N-dealkylation sites (N-methyl/N-ethyl adjacent to an activating group) is 1. The van der Waals surface area contributed by atoms with Gasteiger partial charge in [-0.3, -0.25) is 0 Å². The van der Waals surface area contributed by atoms with Crippen molar-refractivity contribution in [1.29, 1.82) is 0 Å². The van der Waals surface area contributed by atoms with Crippen molar-refractivity contribution < 1.29 is 0 Å². The maximum Gasteiger partial charge on any atom is 0.131 e. The van der Waals surface area contributed by atoms with Crippen molar-refractivity contribution in [2.24, 2.45) is 5.92 Å². The van der Waals surface area contributed by atoms with Crippen LogP contribution in [0.25, 0.3) is 0 Å². The molecule has 0 unspecified atom stereocenters. The summed E-state index contributed by atoms with van der Waals surface area (Å²) >= 11 is 0. The van der Waals surface area contributed by atoms with Crippen LogP contribution in [0.2, 0.25) is 0 Å². The molecule has 1 aromatic heterocycles. The summed E-state index contributed by atoms with van der Waals surface area (Å²) in [4.78, 5) is 11.5. The summed E-state index contributed by atoms with van der Waals surface area (Å²) in [6.45, 7) is 18.2. The lowest BCUT2D eigenvalue weighted by Gasteiger charge is -2.24. The maximum absolute atomic E-state index is 4.77. The number of rotatable bonds is 9. The molecule has 0 aliphatic rings. The Labute approximate surface area is 129 Å². The number of anilines is 1. The quantitative estimate of drug-likeness (QED) is 0.708. The first-order valence-electron chi connectivity index (χ1n) is 7.91. The van der Waals surface area contributed by atoms with Crippen LogP contribution in [0.3, 0.4) is 0 Å². The van der Waals surface area contributed by atoms with E-state index in [1.54, 1.807) is 0 Å². The molecule has 21 heavy (non-hydrogen) atoms. The van der Waals surface area contributed by atoms with Gasteiger partial charge in [-0.15, -0.1) is 6.58 Å². The van der Waals surface area contributed by atoms with E-state index < -0.39 is 0 Å². The highest BCUT2D eigenvalue weighted by molar-refractivity contribution is 5.49. The molecule has 0 aromatic carbocycles. The van der Waals surface area contributed by atoms with Crippen LogP contribution in [-0.4, -0.2) is 29.6 Å². The lowest BCUT2D eigenvalue weighted by molar-refractivity contribution is 0.545. The Hall–Kier alpha value is -1.42. The van der Waals surface area contributed by atoms with Crippen molar-refractivity contribution in [3.8, 4) is 0 Å². The van der Waals surface area contributed by atoms with Crippen LogP contribution in [0.4, 0.5) is 5.69 Å². The van der Waals surface area contributed by atoms with Crippen LogP contribution in [-0.2, 0) is 6.54 Å². The first-order chi connectivity index (χ1) is 9.99. The van der Waals surface area contributed by atoms with Crippen LogP contribution in [0.15, 0.2) is 18.9 Å². The highest BCUT2D eigenvalue weighted by Gasteiger charge is 2.13. The summed E-state index contributed by atoms with van der Waals surface area (Å²) in [5, 5.41) is 3.49. The van der Waals surface area contributed by atoms with Gasteiger partial charge in [0.1, 0.15) is 5.82 Å². The van der Waals surface area contributed by atoms with Crippen LogP contribution in [0, 0.1) is 5.92 Å². The van der Waals surface area contributed by atoms with E-state index in [1.807, 2.05) is 12.3 Å². The first kappa shape index (κ1) is 17.6. The summed E-state index contributed by atoms with van der Waals surface area (Å²) in [6, 6.07) is 0. The molecule has 0 saturated heterocycles. The van der Waals surface area contributed by atoms with Crippen molar-refractivity contribution >= 4 is 5.69 Å². The Morgan fingerprint density at radius 1 is 1.33 bits per heavy atom. The van der Waals surface area contributed by atoms with E-state index in [2.05, 4.69) is 56.4 Å². The average Bonchev–Trinajstić information content (AvgIpc) is 2.44. The van der Waals surface area contributed by atoms with Gasteiger partial charge in [-0.1, -0.05) is 33.8 Å². The molecule has 1 rings (SSSR count). The van der Waals surface area contributed by atoms with E-state index in [9.17, 15) is 0 Å². The Kier molecular flexibility index (Phi) is 7.37. The van der Waals surface area contributed by atoms with Gasteiger partial charge in [-0.05, 0) is 19.4 Å². The van der Waals surface area contributed by atoms with E-state index in [0.29, 0.717) is 11.8 Å². The van der Waals surface area contributed by atoms with E-state index in [1.165, 1.54) is 0 Å². The van der Waals surface area contributed by atoms with Gasteiger partial charge in [-0.2, -0.15) is 0 Å². The topological polar surface area (TPSA) is 41.1 Å². The zero-order valence-corrected chi connectivity index (χ0v) is 14.2. The molecule has 118 valence electrons. The van der Waals surface area contributed by atoms with Crippen LogP contribution in [0.5, 0.6) is 0 Å². The molecule has 0 atom stereocenters. The predicted molar refractivity (Wildman–Crippen MR) is 90.7 cm³/mol. The molecule has 0 bridgehead atoms. The Balaban J connectivity index is 3.00. The van der Waals surface area contributed by atoms with Crippen molar-refractivity contribution in [2.45, 2.75) is 47.1 Å². The van der Waals surface area contributed by atoms with E-state index in [0.717, 1.165) is 43.4 Å². The van der Waals surface area contributed by atoms with E-state index >= 15 is 0 Å². The lowest BCUT2D eigenvalue weighted by atomic mass is 10.2. The fourth-order valence-corrected chi connectivity index (χ4v) is 2.13. The second-order valence-corrected chi connectivity index (χ2v) is 6.07. The lowest BCUT2D eigenvalue weighted by Crippen LogP contribution is -2.27. The molecular formula is C17H30N4. The van der Waals surface area contributed by atoms with Gasteiger partial charge in [0.15, 0.2) is 0 Å². The van der Waals surface area contributed by atoms with Crippen LogP contribution < -0.4 is 10.2 Å². The number of nitrogens with zero attached hydrogens (tertiary/aromatic N) is 3. The Morgan fingerprint density at radius 2 is 2.05 bits per heavy atom. The van der Waals surface area contributed by atoms with Crippen molar-refractivity contribution in [3.63, 3.8) is 0 Å². The minimum Gasteiger partial charge on any atom is -0.365 e. The molecule has 0 radical (unpaired) electrons. The Morgan fingerprint density at radius 3 is 2.57 bits per heavy atom. The molecule has 0 fully saturated rings. The summed E-state index contributed by atoms with van der Waals surface area (Å²) in [5.41, 5.74) is 2.19. The third-order valence-electron chi connectivity index (χ3n) is 3.30. The molecule has 0 saturated carbocycles. The van der Waals surface area contributed by atoms with Crippen molar-refractivity contribution in [3.05, 3.63) is 30.4 Å². The molecule has 4 heteroatoms. The number of hydrogen-bond acceptors (Lipinski definition) is 4. The predicted octanol–water partition coefficient (Wildman–Crippen LogP) is 3.36. The highest BCUT2D eigenvalue weighted by atomic mass is 15.1. The third kappa shape index (κ3) is 5.46. The van der Waals surface area contributed by atoms with Gasteiger partial charge in [0.2, 0.25) is 0 Å².